The summed E-state index contributed by atoms with van der Waals surface area (Å²) in [6, 6.07) is 3.26. The molecule has 20 heavy (non-hydrogen) atoms. The summed E-state index contributed by atoms with van der Waals surface area (Å²) in [5.74, 6) is -0.198. The second-order valence-corrected chi connectivity index (χ2v) is 5.06. The number of carbonyl (C=O) groups excluding carboxylic acids is 1. The smallest absolute Gasteiger partial charge is 0.252 e. The molecule has 1 aromatic heterocycles. The third kappa shape index (κ3) is 2.88. The Kier molecular flexibility index (Phi) is 4.19. The van der Waals surface area contributed by atoms with Gasteiger partial charge in [-0.3, -0.25) is 9.78 Å². The summed E-state index contributed by atoms with van der Waals surface area (Å²) in [6.45, 7) is 1.54. The van der Waals surface area contributed by atoms with Gasteiger partial charge in [-0.1, -0.05) is 5.16 Å². The van der Waals surface area contributed by atoms with Gasteiger partial charge in [-0.2, -0.15) is 0 Å². The molecule has 4 N–H and O–H groups in total. The molecule has 7 heteroatoms. The number of amidine groups is 1. The van der Waals surface area contributed by atoms with Gasteiger partial charge in [-0.15, -0.1) is 0 Å². The van der Waals surface area contributed by atoms with E-state index in [0.29, 0.717) is 18.4 Å². The molecule has 2 rings (SSSR count). The van der Waals surface area contributed by atoms with E-state index in [2.05, 4.69) is 20.4 Å². The minimum absolute atomic E-state index is 0.0491. The van der Waals surface area contributed by atoms with Crippen molar-refractivity contribution in [3.05, 3.63) is 30.1 Å². The lowest BCUT2D eigenvalue weighted by Gasteiger charge is -2.40. The van der Waals surface area contributed by atoms with Gasteiger partial charge >= 0.3 is 0 Å². The minimum Gasteiger partial charge on any atom is -0.409 e. The molecule has 0 aromatic carbocycles. The first kappa shape index (κ1) is 14.3. The van der Waals surface area contributed by atoms with Gasteiger partial charge in [0.1, 0.15) is 5.54 Å². The fraction of sp³-hybridized carbons (Fsp3) is 0.462. The number of rotatable bonds is 3. The number of pyridine rings is 1. The number of oxime groups is 1. The molecule has 1 aromatic rings. The highest BCUT2D eigenvalue weighted by Crippen LogP contribution is 2.22. The summed E-state index contributed by atoms with van der Waals surface area (Å²) >= 11 is 0. The van der Waals surface area contributed by atoms with Crippen molar-refractivity contribution in [3.8, 4) is 0 Å². The lowest BCUT2D eigenvalue weighted by molar-refractivity contribution is 0.0886. The van der Waals surface area contributed by atoms with Crippen molar-refractivity contribution >= 4 is 11.7 Å². The summed E-state index contributed by atoms with van der Waals surface area (Å²) in [6.07, 6.45) is 4.33. The fourth-order valence-electron chi connectivity index (χ4n) is 2.33. The number of hydrogen-bond acceptors (Lipinski definition) is 5. The molecule has 1 amide bonds. The number of aromatic nitrogens is 1. The van der Waals surface area contributed by atoms with E-state index in [1.54, 1.807) is 24.5 Å². The zero-order chi connectivity index (χ0) is 14.6. The van der Waals surface area contributed by atoms with Gasteiger partial charge in [0.2, 0.25) is 0 Å². The van der Waals surface area contributed by atoms with Crippen molar-refractivity contribution < 1.29 is 10.0 Å². The van der Waals surface area contributed by atoms with E-state index >= 15 is 0 Å². The molecule has 2 heterocycles. The maximum Gasteiger partial charge on any atom is 0.252 e. The number of amides is 1. The Morgan fingerprint density at radius 2 is 2.05 bits per heavy atom. The zero-order valence-corrected chi connectivity index (χ0v) is 11.4. The van der Waals surface area contributed by atoms with E-state index in [0.717, 1.165) is 13.1 Å². The van der Waals surface area contributed by atoms with Crippen LogP contribution in [0.2, 0.25) is 0 Å². The van der Waals surface area contributed by atoms with Crippen molar-refractivity contribution in [2.45, 2.75) is 18.4 Å². The molecule has 1 fully saturated rings. The second kappa shape index (κ2) is 5.87. The van der Waals surface area contributed by atoms with Crippen LogP contribution in [0.5, 0.6) is 0 Å². The molecule has 1 aliphatic heterocycles. The highest BCUT2D eigenvalue weighted by atomic mass is 16.4. The Labute approximate surface area is 117 Å². The highest BCUT2D eigenvalue weighted by molar-refractivity contribution is 6.00. The molecular formula is C13H19N5O2. The van der Waals surface area contributed by atoms with Crippen molar-refractivity contribution in [1.29, 1.82) is 0 Å². The summed E-state index contributed by atoms with van der Waals surface area (Å²) in [5, 5.41) is 15.0. The third-order valence-corrected chi connectivity index (χ3v) is 3.73. The van der Waals surface area contributed by atoms with Crippen LogP contribution in [-0.4, -0.2) is 52.5 Å². The van der Waals surface area contributed by atoms with Crippen LogP contribution in [0, 0.1) is 0 Å². The summed E-state index contributed by atoms with van der Waals surface area (Å²) in [7, 11) is 2.00. The monoisotopic (exact) mass is 277 g/mol. The van der Waals surface area contributed by atoms with Crippen LogP contribution in [0.3, 0.4) is 0 Å². The molecule has 0 radical (unpaired) electrons. The first-order valence-corrected chi connectivity index (χ1v) is 6.46. The van der Waals surface area contributed by atoms with Crippen molar-refractivity contribution in [1.82, 2.24) is 15.2 Å². The number of hydrogen-bond donors (Lipinski definition) is 3. The van der Waals surface area contributed by atoms with Crippen LogP contribution in [0.15, 0.2) is 29.7 Å². The maximum absolute atomic E-state index is 12.3. The van der Waals surface area contributed by atoms with Gasteiger partial charge in [0.25, 0.3) is 5.91 Å². The van der Waals surface area contributed by atoms with Gasteiger partial charge < -0.3 is 21.2 Å². The molecule has 0 unspecified atom stereocenters. The van der Waals surface area contributed by atoms with E-state index in [9.17, 15) is 4.79 Å². The van der Waals surface area contributed by atoms with Gasteiger partial charge in [0.05, 0.1) is 0 Å². The third-order valence-electron chi connectivity index (χ3n) is 3.73. The molecule has 0 spiro atoms. The summed E-state index contributed by atoms with van der Waals surface area (Å²) in [5.41, 5.74) is 5.52. The van der Waals surface area contributed by atoms with Crippen LogP contribution < -0.4 is 11.1 Å². The summed E-state index contributed by atoms with van der Waals surface area (Å²) in [4.78, 5) is 18.3. The normalized spacial score (nSPS) is 19.6. The number of nitrogens with zero attached hydrogens (tertiary/aromatic N) is 3. The van der Waals surface area contributed by atoms with E-state index < -0.39 is 5.54 Å². The predicted octanol–water partition coefficient (Wildman–Crippen LogP) is 0.0222. The van der Waals surface area contributed by atoms with E-state index in [1.165, 1.54) is 0 Å². The Balaban J connectivity index is 2.19. The molecule has 1 saturated heterocycles. The molecule has 0 bridgehead atoms. The molecule has 0 aliphatic carbocycles. The largest absolute Gasteiger partial charge is 0.409 e. The fourth-order valence-corrected chi connectivity index (χ4v) is 2.33. The van der Waals surface area contributed by atoms with Crippen LogP contribution in [0.1, 0.15) is 23.2 Å². The van der Waals surface area contributed by atoms with Gasteiger partial charge in [-0.25, -0.2) is 0 Å². The van der Waals surface area contributed by atoms with Crippen molar-refractivity contribution in [2.75, 3.05) is 20.1 Å². The quantitative estimate of drug-likeness (QED) is 0.313. The van der Waals surface area contributed by atoms with Gasteiger partial charge in [0, 0.05) is 31.0 Å². The minimum atomic E-state index is -0.790. The molecule has 1 aliphatic rings. The van der Waals surface area contributed by atoms with E-state index in [1.807, 2.05) is 7.05 Å². The van der Waals surface area contributed by atoms with Crippen LogP contribution in [0.25, 0.3) is 0 Å². The lowest BCUT2D eigenvalue weighted by atomic mass is 9.86. The molecule has 7 nitrogen and oxygen atoms in total. The van der Waals surface area contributed by atoms with Gasteiger partial charge in [-0.05, 0) is 32.0 Å². The summed E-state index contributed by atoms with van der Waals surface area (Å²) < 4.78 is 0. The van der Waals surface area contributed by atoms with E-state index in [-0.39, 0.29) is 11.7 Å². The predicted molar refractivity (Wildman–Crippen MR) is 74.6 cm³/mol. The Morgan fingerprint density at radius 1 is 1.45 bits per heavy atom. The maximum atomic E-state index is 12.3. The number of nitrogens with one attached hydrogen (secondary N) is 1. The standard InChI is InChI=1S/C13H19N5O2/c1-18-8-4-13(5-9-18,12(14)17-20)16-11(19)10-2-6-15-7-3-10/h2-3,6-7,20H,4-5,8-9H2,1H3,(H2,14,17)(H,16,19). The van der Waals surface area contributed by atoms with Crippen LogP contribution in [-0.2, 0) is 0 Å². The number of carbonyl (C=O) groups is 1. The first-order chi connectivity index (χ1) is 9.57. The average Bonchev–Trinajstić information content (AvgIpc) is 2.49. The topological polar surface area (TPSA) is 104 Å². The number of piperidine rings is 1. The Bertz CT molecular complexity index is 495. The Morgan fingerprint density at radius 3 is 2.60 bits per heavy atom. The molecule has 0 saturated carbocycles. The van der Waals surface area contributed by atoms with Gasteiger partial charge in [0.15, 0.2) is 5.84 Å². The van der Waals surface area contributed by atoms with Crippen LogP contribution >= 0.6 is 0 Å². The highest BCUT2D eigenvalue weighted by Gasteiger charge is 2.39. The number of likely N-dealkylation sites (tertiary alicyclic amines) is 1. The average molecular weight is 277 g/mol. The lowest BCUT2D eigenvalue weighted by Crippen LogP contribution is -2.62. The van der Waals surface area contributed by atoms with Crippen LogP contribution in [0.4, 0.5) is 0 Å². The molecule has 108 valence electrons. The second-order valence-electron chi connectivity index (χ2n) is 5.06. The molecular weight excluding hydrogens is 258 g/mol. The zero-order valence-electron chi connectivity index (χ0n) is 11.4. The van der Waals surface area contributed by atoms with Crippen molar-refractivity contribution in [3.63, 3.8) is 0 Å². The molecule has 0 atom stereocenters. The SMILES string of the molecule is CN1CCC(NC(=O)c2ccncc2)(/C(N)=N/O)CC1. The Hall–Kier alpha value is -2.15. The van der Waals surface area contributed by atoms with E-state index in [4.69, 9.17) is 10.9 Å². The number of nitrogens with two attached hydrogens (primary N) is 1. The first-order valence-electron chi connectivity index (χ1n) is 6.46. The van der Waals surface area contributed by atoms with Crippen molar-refractivity contribution in [2.24, 2.45) is 10.9 Å².